The Morgan fingerprint density at radius 1 is 1.00 bits per heavy atom. The Balaban J connectivity index is 1.75. The predicted molar refractivity (Wildman–Crippen MR) is 93.8 cm³/mol. The zero-order valence-electron chi connectivity index (χ0n) is 13.2. The van der Waals surface area contributed by atoms with Crippen molar-refractivity contribution in [3.8, 4) is 5.75 Å². The summed E-state index contributed by atoms with van der Waals surface area (Å²) in [5.41, 5.74) is 1.88. The molecule has 0 radical (unpaired) electrons. The first-order chi connectivity index (χ1) is 11.1. The first kappa shape index (κ1) is 15.1. The van der Waals surface area contributed by atoms with Gasteiger partial charge in [0.2, 0.25) is 0 Å². The minimum absolute atomic E-state index is 0.163. The zero-order valence-corrected chi connectivity index (χ0v) is 13.2. The van der Waals surface area contributed by atoms with Crippen LogP contribution in [0.3, 0.4) is 0 Å². The third-order valence-electron chi connectivity index (χ3n) is 3.71. The summed E-state index contributed by atoms with van der Waals surface area (Å²) in [5.74, 6) is 0.554. The highest BCUT2D eigenvalue weighted by molar-refractivity contribution is 5.95. The van der Waals surface area contributed by atoms with Crippen molar-refractivity contribution >= 4 is 22.4 Å². The van der Waals surface area contributed by atoms with Crippen LogP contribution >= 0.6 is 0 Å². The molecule has 116 valence electrons. The number of nitrogens with one attached hydrogen (secondary N) is 1. The topological polar surface area (TPSA) is 38.3 Å². The molecule has 1 amide bonds. The number of fused-ring (bicyclic) bond motifs is 1. The molecule has 0 aliphatic carbocycles. The van der Waals surface area contributed by atoms with Crippen LogP contribution in [0.4, 0.5) is 5.69 Å². The number of rotatable bonds is 4. The van der Waals surface area contributed by atoms with Crippen molar-refractivity contribution in [2.24, 2.45) is 0 Å². The Labute approximate surface area is 135 Å². The van der Waals surface area contributed by atoms with Crippen LogP contribution in [-0.4, -0.2) is 12.0 Å². The largest absolute Gasteiger partial charge is 0.480 e. The van der Waals surface area contributed by atoms with Gasteiger partial charge in [-0.15, -0.1) is 0 Å². The molecule has 3 aromatic carbocycles. The zero-order chi connectivity index (χ0) is 16.2. The summed E-state index contributed by atoms with van der Waals surface area (Å²) in [5, 5.41) is 4.99. The Hall–Kier alpha value is -2.81. The van der Waals surface area contributed by atoms with Crippen molar-refractivity contribution in [2.45, 2.75) is 20.0 Å². The lowest BCUT2D eigenvalue weighted by Crippen LogP contribution is -2.30. The molecule has 0 aromatic heterocycles. The number of carbonyl (C=O) groups is 1. The highest BCUT2D eigenvalue weighted by Crippen LogP contribution is 2.26. The number of ether oxygens (including phenoxy) is 1. The molecule has 0 aliphatic heterocycles. The fraction of sp³-hybridized carbons (Fsp3) is 0.150. The van der Waals surface area contributed by atoms with E-state index in [0.29, 0.717) is 0 Å². The van der Waals surface area contributed by atoms with E-state index in [4.69, 9.17) is 4.74 Å². The number of carbonyl (C=O) groups excluding carboxylic acids is 1. The van der Waals surface area contributed by atoms with Crippen LogP contribution in [0.15, 0.2) is 66.7 Å². The van der Waals surface area contributed by atoms with Gasteiger partial charge in [-0.2, -0.15) is 0 Å². The van der Waals surface area contributed by atoms with Crippen molar-refractivity contribution in [2.75, 3.05) is 5.32 Å². The highest BCUT2D eigenvalue weighted by Gasteiger charge is 2.16. The van der Waals surface area contributed by atoms with Crippen molar-refractivity contribution in [1.29, 1.82) is 0 Å². The van der Waals surface area contributed by atoms with E-state index < -0.39 is 6.10 Å². The van der Waals surface area contributed by atoms with Gasteiger partial charge in [-0.25, -0.2) is 0 Å². The third-order valence-corrected chi connectivity index (χ3v) is 3.71. The molecule has 1 atom stereocenters. The number of hydrogen-bond donors (Lipinski definition) is 1. The molecule has 0 heterocycles. The van der Waals surface area contributed by atoms with Crippen LogP contribution in [0, 0.1) is 6.92 Å². The standard InChI is InChI=1S/C20H19NO2/c1-14-7-5-10-17(13-14)21-20(22)15(2)23-19-12-6-9-16-8-3-4-11-18(16)19/h3-13,15H,1-2H3,(H,21,22)/t15-/m1/s1. The molecule has 0 unspecified atom stereocenters. The quantitative estimate of drug-likeness (QED) is 0.767. The molecule has 23 heavy (non-hydrogen) atoms. The lowest BCUT2D eigenvalue weighted by molar-refractivity contribution is -0.122. The van der Waals surface area contributed by atoms with E-state index in [1.54, 1.807) is 6.92 Å². The first-order valence-corrected chi connectivity index (χ1v) is 7.65. The Morgan fingerprint density at radius 2 is 1.74 bits per heavy atom. The summed E-state index contributed by atoms with van der Waals surface area (Å²) >= 11 is 0. The Morgan fingerprint density at radius 3 is 2.57 bits per heavy atom. The average Bonchev–Trinajstić information content (AvgIpc) is 2.55. The van der Waals surface area contributed by atoms with Gasteiger partial charge in [0.05, 0.1) is 0 Å². The fourth-order valence-corrected chi connectivity index (χ4v) is 2.51. The minimum atomic E-state index is -0.582. The Bertz CT molecular complexity index is 836. The lowest BCUT2D eigenvalue weighted by Gasteiger charge is -2.16. The summed E-state index contributed by atoms with van der Waals surface area (Å²) in [6, 6.07) is 21.5. The lowest BCUT2D eigenvalue weighted by atomic mass is 10.1. The number of hydrogen-bond acceptors (Lipinski definition) is 2. The van der Waals surface area contributed by atoms with Gasteiger partial charge in [0.1, 0.15) is 5.75 Å². The summed E-state index contributed by atoms with van der Waals surface area (Å²) < 4.78 is 5.88. The van der Waals surface area contributed by atoms with Gasteiger partial charge < -0.3 is 10.1 Å². The minimum Gasteiger partial charge on any atom is -0.480 e. The third kappa shape index (κ3) is 3.51. The van der Waals surface area contributed by atoms with Gasteiger partial charge in [0.25, 0.3) is 5.91 Å². The van der Waals surface area contributed by atoms with Crippen molar-refractivity contribution in [3.05, 3.63) is 72.3 Å². The molecular formula is C20H19NO2. The van der Waals surface area contributed by atoms with Crippen LogP contribution in [0.1, 0.15) is 12.5 Å². The van der Waals surface area contributed by atoms with Crippen molar-refractivity contribution in [1.82, 2.24) is 0 Å². The van der Waals surface area contributed by atoms with Crippen LogP contribution in [0.5, 0.6) is 5.75 Å². The van der Waals surface area contributed by atoms with E-state index in [0.717, 1.165) is 27.8 Å². The summed E-state index contributed by atoms with van der Waals surface area (Å²) in [7, 11) is 0. The van der Waals surface area contributed by atoms with Gasteiger partial charge in [-0.1, -0.05) is 48.5 Å². The van der Waals surface area contributed by atoms with Gasteiger partial charge in [0.15, 0.2) is 6.10 Å². The molecule has 0 spiro atoms. The number of anilines is 1. The van der Waals surface area contributed by atoms with Crippen LogP contribution in [0.2, 0.25) is 0 Å². The van der Waals surface area contributed by atoms with Gasteiger partial charge in [-0.05, 0) is 43.0 Å². The van der Waals surface area contributed by atoms with Gasteiger partial charge in [-0.3, -0.25) is 4.79 Å². The van der Waals surface area contributed by atoms with E-state index in [1.165, 1.54) is 0 Å². The molecule has 0 fully saturated rings. The highest BCUT2D eigenvalue weighted by atomic mass is 16.5. The molecule has 0 saturated carbocycles. The van der Waals surface area contributed by atoms with E-state index in [2.05, 4.69) is 5.32 Å². The monoisotopic (exact) mass is 305 g/mol. The molecule has 0 bridgehead atoms. The molecule has 3 rings (SSSR count). The van der Waals surface area contributed by atoms with Crippen LogP contribution < -0.4 is 10.1 Å². The second-order valence-electron chi connectivity index (χ2n) is 5.60. The average molecular weight is 305 g/mol. The van der Waals surface area contributed by atoms with E-state index in [9.17, 15) is 4.79 Å². The van der Waals surface area contributed by atoms with Crippen molar-refractivity contribution in [3.63, 3.8) is 0 Å². The fourth-order valence-electron chi connectivity index (χ4n) is 2.51. The predicted octanol–water partition coefficient (Wildman–Crippen LogP) is 4.55. The van der Waals surface area contributed by atoms with Gasteiger partial charge in [0, 0.05) is 11.1 Å². The maximum absolute atomic E-state index is 12.3. The summed E-state index contributed by atoms with van der Waals surface area (Å²) in [6.45, 7) is 3.75. The van der Waals surface area contributed by atoms with Crippen LogP contribution in [-0.2, 0) is 4.79 Å². The molecule has 3 heteroatoms. The second-order valence-corrected chi connectivity index (χ2v) is 5.60. The van der Waals surface area contributed by atoms with Gasteiger partial charge >= 0.3 is 0 Å². The second kappa shape index (κ2) is 6.53. The SMILES string of the molecule is Cc1cccc(NC(=O)[C@@H](C)Oc2cccc3ccccc23)c1. The maximum Gasteiger partial charge on any atom is 0.265 e. The maximum atomic E-state index is 12.3. The normalized spacial score (nSPS) is 11.9. The van der Waals surface area contributed by atoms with E-state index in [1.807, 2.05) is 73.7 Å². The number of benzene rings is 3. The molecule has 0 saturated heterocycles. The summed E-state index contributed by atoms with van der Waals surface area (Å²) in [4.78, 5) is 12.3. The molecule has 0 aliphatic rings. The molecule has 3 nitrogen and oxygen atoms in total. The molecule has 1 N–H and O–H groups in total. The van der Waals surface area contributed by atoms with Crippen LogP contribution in [0.25, 0.3) is 10.8 Å². The number of amides is 1. The van der Waals surface area contributed by atoms with E-state index >= 15 is 0 Å². The van der Waals surface area contributed by atoms with Crippen molar-refractivity contribution < 1.29 is 9.53 Å². The number of aryl methyl sites for hydroxylation is 1. The molecular weight excluding hydrogens is 286 g/mol. The first-order valence-electron chi connectivity index (χ1n) is 7.65. The van der Waals surface area contributed by atoms with E-state index in [-0.39, 0.29) is 5.91 Å². The summed E-state index contributed by atoms with van der Waals surface area (Å²) in [6.07, 6.45) is -0.582. The Kier molecular flexibility index (Phi) is 4.29. The smallest absolute Gasteiger partial charge is 0.265 e. The molecule has 3 aromatic rings.